The second kappa shape index (κ2) is 2.69. The minimum atomic E-state index is 0.554. The van der Waals surface area contributed by atoms with Crippen LogP contribution in [0.4, 0.5) is 0 Å². The third-order valence-electron chi connectivity index (χ3n) is 2.59. The van der Waals surface area contributed by atoms with Crippen molar-refractivity contribution in [3.05, 3.63) is 16.9 Å². The average molecular weight is 222 g/mol. The van der Waals surface area contributed by atoms with Crippen LogP contribution < -0.4 is 16.1 Å². The number of aromatic nitrogens is 2. The minimum Gasteiger partial charge on any atom is -0.281 e. The van der Waals surface area contributed by atoms with Gasteiger partial charge in [-0.2, -0.15) is 5.10 Å². The summed E-state index contributed by atoms with van der Waals surface area (Å²) in [5, 5.41) is 7.79. The van der Waals surface area contributed by atoms with Gasteiger partial charge in [-0.1, -0.05) is 0 Å². The smallest absolute Gasteiger partial charge is 0.195 e. The molecule has 1 N–H and O–H groups in total. The molecule has 15 heavy (non-hydrogen) atoms. The summed E-state index contributed by atoms with van der Waals surface area (Å²) in [7, 11) is 3.82. The highest BCUT2D eigenvalue weighted by molar-refractivity contribution is 7.80. The van der Waals surface area contributed by atoms with Gasteiger partial charge in [-0.15, -0.1) is 0 Å². The Morgan fingerprint density at radius 3 is 3.07 bits per heavy atom. The van der Waals surface area contributed by atoms with Gasteiger partial charge < -0.3 is 0 Å². The zero-order chi connectivity index (χ0) is 10.6. The van der Waals surface area contributed by atoms with Gasteiger partial charge in [0.2, 0.25) is 0 Å². The van der Waals surface area contributed by atoms with Crippen LogP contribution in [-0.2, 0) is 7.05 Å². The maximum atomic E-state index is 5.19. The number of hydrazine groups is 1. The Kier molecular flexibility index (Phi) is 1.55. The Balaban J connectivity index is 2.38. The van der Waals surface area contributed by atoms with E-state index >= 15 is 0 Å². The van der Waals surface area contributed by atoms with Gasteiger partial charge in [0.05, 0.1) is 11.4 Å². The van der Waals surface area contributed by atoms with Crippen molar-refractivity contribution >= 4 is 23.2 Å². The fraction of sp³-hybridized carbons (Fsp3) is 0.375. The monoisotopic (exact) mass is 222 g/mol. The summed E-state index contributed by atoms with van der Waals surface area (Å²) in [6.45, 7) is 0.554. The van der Waals surface area contributed by atoms with E-state index < -0.39 is 0 Å². The van der Waals surface area contributed by atoms with Crippen LogP contribution in [0.2, 0.25) is 0 Å². The zero-order valence-corrected chi connectivity index (χ0v) is 9.25. The first-order valence-corrected chi connectivity index (χ1v) is 4.98. The van der Waals surface area contributed by atoms with Crippen LogP contribution in [0.5, 0.6) is 0 Å². The van der Waals surface area contributed by atoms with Gasteiger partial charge in [-0.05, 0) is 12.2 Å². The largest absolute Gasteiger partial charge is 0.281 e. The molecule has 0 aliphatic carbocycles. The van der Waals surface area contributed by atoms with Crippen molar-refractivity contribution in [1.29, 1.82) is 0 Å². The van der Waals surface area contributed by atoms with Crippen LogP contribution in [0.1, 0.15) is 0 Å². The quantitative estimate of drug-likeness (QED) is 0.520. The summed E-state index contributed by atoms with van der Waals surface area (Å²) in [6, 6.07) is 0. The van der Waals surface area contributed by atoms with Crippen LogP contribution in [0, 0.1) is 0 Å². The predicted octanol–water partition coefficient (Wildman–Crippen LogP) is -1.89. The molecule has 3 rings (SSSR count). The first kappa shape index (κ1) is 8.66. The van der Waals surface area contributed by atoms with Crippen LogP contribution in [0.3, 0.4) is 0 Å². The molecule has 0 bridgehead atoms. The van der Waals surface area contributed by atoms with E-state index in [0.29, 0.717) is 11.8 Å². The van der Waals surface area contributed by atoms with E-state index in [9.17, 15) is 0 Å². The first-order chi connectivity index (χ1) is 7.18. The third kappa shape index (κ3) is 1.01. The van der Waals surface area contributed by atoms with Crippen molar-refractivity contribution in [3.63, 3.8) is 0 Å². The molecule has 78 valence electrons. The lowest BCUT2D eigenvalue weighted by molar-refractivity contribution is 0.422. The molecule has 7 heteroatoms. The van der Waals surface area contributed by atoms with Gasteiger partial charge in [0.25, 0.3) is 0 Å². The molecule has 1 saturated heterocycles. The lowest BCUT2D eigenvalue weighted by Crippen LogP contribution is -2.42. The lowest BCUT2D eigenvalue weighted by Gasteiger charge is -2.18. The Labute approximate surface area is 91.5 Å². The number of hydrogen-bond acceptors (Lipinski definition) is 4. The van der Waals surface area contributed by atoms with Crippen molar-refractivity contribution in [2.75, 3.05) is 13.7 Å². The van der Waals surface area contributed by atoms with Crippen molar-refractivity contribution in [2.24, 2.45) is 12.0 Å². The zero-order valence-electron chi connectivity index (χ0n) is 8.43. The molecule has 2 aliphatic rings. The van der Waals surface area contributed by atoms with Gasteiger partial charge in [-0.3, -0.25) is 20.0 Å². The average Bonchev–Trinajstić information content (AvgIpc) is 2.70. The summed E-state index contributed by atoms with van der Waals surface area (Å²) in [5.41, 5.74) is 3.97. The molecule has 0 amide bonds. The number of aryl methyl sites for hydroxylation is 1. The van der Waals surface area contributed by atoms with E-state index in [1.807, 2.05) is 30.2 Å². The summed E-state index contributed by atoms with van der Waals surface area (Å²) < 4.78 is 1.77. The molecule has 0 unspecified atom stereocenters. The summed E-state index contributed by atoms with van der Waals surface area (Å²) >= 11 is 5.19. The highest BCUT2D eigenvalue weighted by atomic mass is 32.1. The SMILES string of the molecule is CN1NC(=S)N2CN=c3c(cnn3C)=C12. The molecule has 3 heterocycles. The lowest BCUT2D eigenvalue weighted by atomic mass is 10.4. The Morgan fingerprint density at radius 2 is 2.27 bits per heavy atom. The molecule has 6 nitrogen and oxygen atoms in total. The Morgan fingerprint density at radius 1 is 1.47 bits per heavy atom. The van der Waals surface area contributed by atoms with Gasteiger partial charge in [0, 0.05) is 14.1 Å². The van der Waals surface area contributed by atoms with Gasteiger partial charge >= 0.3 is 0 Å². The minimum absolute atomic E-state index is 0.554. The highest BCUT2D eigenvalue weighted by Gasteiger charge is 2.29. The Hall–Kier alpha value is -1.63. The molecule has 2 aliphatic heterocycles. The molecule has 1 aromatic heterocycles. The molecule has 1 aromatic rings. The fourth-order valence-corrected chi connectivity index (χ4v) is 2.19. The topological polar surface area (TPSA) is 48.7 Å². The number of rotatable bonds is 0. The van der Waals surface area contributed by atoms with Crippen LogP contribution in [-0.4, -0.2) is 38.5 Å². The summed E-state index contributed by atoms with van der Waals surface area (Å²) in [5.74, 6) is 1.03. The highest BCUT2D eigenvalue weighted by Crippen LogP contribution is 2.15. The second-order valence-corrected chi connectivity index (χ2v) is 3.92. The summed E-state index contributed by atoms with van der Waals surface area (Å²) in [4.78, 5) is 6.39. The van der Waals surface area contributed by atoms with Crippen LogP contribution in [0.25, 0.3) is 5.82 Å². The molecule has 0 radical (unpaired) electrons. The van der Waals surface area contributed by atoms with Crippen LogP contribution >= 0.6 is 12.2 Å². The fourth-order valence-electron chi connectivity index (χ4n) is 1.91. The number of nitrogens with one attached hydrogen (secondary N) is 1. The number of fused-ring (bicyclic) bond motifs is 2. The number of nitrogens with zero attached hydrogens (tertiary/aromatic N) is 5. The standard InChI is InChI=1S/C8H10N6S/c1-12-6-5(3-10-12)7-13(2)11-8(15)14(7)4-9-6/h3H,4H2,1-2H3,(H,11,15). The van der Waals surface area contributed by atoms with Crippen molar-refractivity contribution in [1.82, 2.24) is 25.1 Å². The molecule has 0 atom stereocenters. The predicted molar refractivity (Wildman–Crippen MR) is 57.6 cm³/mol. The van der Waals surface area contributed by atoms with Crippen molar-refractivity contribution in [3.8, 4) is 0 Å². The van der Waals surface area contributed by atoms with Gasteiger partial charge in [0.1, 0.15) is 12.5 Å². The van der Waals surface area contributed by atoms with Gasteiger partial charge in [-0.25, -0.2) is 4.99 Å². The van der Waals surface area contributed by atoms with E-state index in [2.05, 4.69) is 15.5 Å². The summed E-state index contributed by atoms with van der Waals surface area (Å²) in [6.07, 6.45) is 1.81. The van der Waals surface area contributed by atoms with E-state index in [-0.39, 0.29) is 0 Å². The van der Waals surface area contributed by atoms with Gasteiger partial charge in [0.15, 0.2) is 10.6 Å². The maximum Gasteiger partial charge on any atom is 0.195 e. The molecule has 1 fully saturated rings. The van der Waals surface area contributed by atoms with E-state index in [1.165, 1.54) is 0 Å². The van der Waals surface area contributed by atoms with E-state index in [1.54, 1.807) is 4.68 Å². The second-order valence-electron chi connectivity index (χ2n) is 3.53. The molecule has 0 spiro atoms. The third-order valence-corrected chi connectivity index (χ3v) is 2.90. The molecular formula is C8H10N6S. The number of thiocarbonyl (C=S) groups is 1. The Bertz CT molecular complexity index is 558. The van der Waals surface area contributed by atoms with E-state index in [4.69, 9.17) is 12.2 Å². The number of hydrogen-bond donors (Lipinski definition) is 1. The van der Waals surface area contributed by atoms with E-state index in [0.717, 1.165) is 16.5 Å². The molecular weight excluding hydrogens is 212 g/mol. The van der Waals surface area contributed by atoms with Crippen molar-refractivity contribution < 1.29 is 0 Å². The van der Waals surface area contributed by atoms with Crippen LogP contribution in [0.15, 0.2) is 11.2 Å². The molecule has 0 saturated carbocycles. The van der Waals surface area contributed by atoms with Crippen molar-refractivity contribution in [2.45, 2.75) is 0 Å². The molecule has 0 aromatic carbocycles. The first-order valence-electron chi connectivity index (χ1n) is 4.57. The normalized spacial score (nSPS) is 18.5. The maximum absolute atomic E-state index is 5.19.